The van der Waals surface area contributed by atoms with E-state index < -0.39 is 0 Å². The molecule has 1 aromatic rings. The number of hydrogen-bond acceptors (Lipinski definition) is 2. The summed E-state index contributed by atoms with van der Waals surface area (Å²) in [6.07, 6.45) is 4.60. The minimum Gasteiger partial charge on any atom is -0.355 e. The average molecular weight is 262 g/mol. The zero-order valence-corrected chi connectivity index (χ0v) is 10.9. The number of halogens is 1. The lowest BCUT2D eigenvalue weighted by Crippen LogP contribution is -2.43. The molecule has 2 unspecified atom stereocenters. The summed E-state index contributed by atoms with van der Waals surface area (Å²) in [5, 5.41) is 6.34. The Kier molecular flexibility index (Phi) is 3.51. The van der Waals surface area contributed by atoms with E-state index in [1.54, 1.807) is 6.07 Å². The van der Waals surface area contributed by atoms with Gasteiger partial charge in [0.15, 0.2) is 0 Å². The SMILES string of the molecule is O=C1NCCCCC1NC1CCc2c(F)cccc21. The fourth-order valence-corrected chi connectivity index (χ4v) is 3.12. The van der Waals surface area contributed by atoms with Gasteiger partial charge in [-0.2, -0.15) is 0 Å². The summed E-state index contributed by atoms with van der Waals surface area (Å²) >= 11 is 0. The number of amides is 1. The molecule has 0 bridgehead atoms. The fraction of sp³-hybridized carbons (Fsp3) is 0.533. The molecule has 1 heterocycles. The van der Waals surface area contributed by atoms with Crippen molar-refractivity contribution >= 4 is 5.91 Å². The lowest BCUT2D eigenvalue weighted by Gasteiger charge is -2.21. The van der Waals surface area contributed by atoms with Gasteiger partial charge in [-0.25, -0.2) is 4.39 Å². The van der Waals surface area contributed by atoms with Gasteiger partial charge in [-0.15, -0.1) is 0 Å². The summed E-state index contributed by atoms with van der Waals surface area (Å²) < 4.78 is 13.7. The van der Waals surface area contributed by atoms with Crippen LogP contribution in [0.15, 0.2) is 18.2 Å². The number of carbonyl (C=O) groups is 1. The lowest BCUT2D eigenvalue weighted by atomic mass is 10.0. The van der Waals surface area contributed by atoms with Crippen LogP contribution in [0.5, 0.6) is 0 Å². The smallest absolute Gasteiger partial charge is 0.237 e. The Labute approximate surface area is 112 Å². The molecule has 102 valence electrons. The average Bonchev–Trinajstić information content (AvgIpc) is 2.70. The second-order valence-electron chi connectivity index (χ2n) is 5.40. The van der Waals surface area contributed by atoms with Gasteiger partial charge < -0.3 is 5.32 Å². The van der Waals surface area contributed by atoms with E-state index in [0.717, 1.165) is 49.8 Å². The summed E-state index contributed by atoms with van der Waals surface area (Å²) in [4.78, 5) is 11.9. The Morgan fingerprint density at radius 1 is 1.21 bits per heavy atom. The molecule has 2 aliphatic rings. The van der Waals surface area contributed by atoms with Crippen LogP contribution >= 0.6 is 0 Å². The molecule has 1 aliphatic heterocycles. The zero-order valence-electron chi connectivity index (χ0n) is 10.9. The van der Waals surface area contributed by atoms with Gasteiger partial charge in [0.25, 0.3) is 0 Å². The molecular weight excluding hydrogens is 243 g/mol. The van der Waals surface area contributed by atoms with Gasteiger partial charge in [0.2, 0.25) is 5.91 Å². The van der Waals surface area contributed by atoms with Gasteiger partial charge in [-0.05, 0) is 49.3 Å². The molecule has 19 heavy (non-hydrogen) atoms. The molecule has 1 amide bonds. The van der Waals surface area contributed by atoms with Crippen molar-refractivity contribution in [2.24, 2.45) is 0 Å². The van der Waals surface area contributed by atoms with E-state index >= 15 is 0 Å². The van der Waals surface area contributed by atoms with Crippen molar-refractivity contribution in [3.63, 3.8) is 0 Å². The van der Waals surface area contributed by atoms with Gasteiger partial charge in [0.1, 0.15) is 5.82 Å². The molecule has 1 fully saturated rings. The van der Waals surface area contributed by atoms with E-state index in [-0.39, 0.29) is 23.8 Å². The molecular formula is C15H19FN2O. The second-order valence-corrected chi connectivity index (χ2v) is 5.40. The van der Waals surface area contributed by atoms with Gasteiger partial charge in [-0.1, -0.05) is 12.1 Å². The van der Waals surface area contributed by atoms with Gasteiger partial charge in [0.05, 0.1) is 6.04 Å². The maximum Gasteiger partial charge on any atom is 0.237 e. The van der Waals surface area contributed by atoms with Gasteiger partial charge >= 0.3 is 0 Å². The summed E-state index contributed by atoms with van der Waals surface area (Å²) in [5.41, 5.74) is 1.84. The molecule has 4 heteroatoms. The van der Waals surface area contributed by atoms with E-state index in [1.165, 1.54) is 6.07 Å². The van der Waals surface area contributed by atoms with E-state index in [2.05, 4.69) is 10.6 Å². The third-order valence-electron chi connectivity index (χ3n) is 4.15. The molecule has 2 N–H and O–H groups in total. The standard InChI is InChI=1S/C15H19FN2O/c16-12-5-3-4-11-10(12)7-8-13(11)18-14-6-1-2-9-17-15(14)19/h3-5,13-14,18H,1-2,6-9H2,(H,17,19). The topological polar surface area (TPSA) is 41.1 Å². The van der Waals surface area contributed by atoms with Crippen LogP contribution in [0, 0.1) is 5.82 Å². The third-order valence-corrected chi connectivity index (χ3v) is 4.15. The van der Waals surface area contributed by atoms with Gasteiger partial charge in [0, 0.05) is 12.6 Å². The van der Waals surface area contributed by atoms with E-state index in [4.69, 9.17) is 0 Å². The van der Waals surface area contributed by atoms with E-state index in [1.807, 2.05) is 6.07 Å². The monoisotopic (exact) mass is 262 g/mol. The molecule has 1 aromatic carbocycles. The minimum atomic E-state index is -0.137. The van der Waals surface area contributed by atoms with Crippen LogP contribution in [0.25, 0.3) is 0 Å². The molecule has 0 radical (unpaired) electrons. The number of carbonyl (C=O) groups excluding carboxylic acids is 1. The number of benzene rings is 1. The van der Waals surface area contributed by atoms with Crippen LogP contribution in [-0.4, -0.2) is 18.5 Å². The summed E-state index contributed by atoms with van der Waals surface area (Å²) in [6, 6.07) is 5.21. The van der Waals surface area contributed by atoms with Crippen molar-refractivity contribution in [3.8, 4) is 0 Å². The molecule has 0 aromatic heterocycles. The fourth-order valence-electron chi connectivity index (χ4n) is 3.12. The first kappa shape index (κ1) is 12.6. The predicted octanol–water partition coefficient (Wildman–Crippen LogP) is 2.07. The van der Waals surface area contributed by atoms with Gasteiger partial charge in [-0.3, -0.25) is 10.1 Å². The summed E-state index contributed by atoms with van der Waals surface area (Å²) in [6.45, 7) is 0.771. The lowest BCUT2D eigenvalue weighted by molar-refractivity contribution is -0.123. The highest BCUT2D eigenvalue weighted by Gasteiger charge is 2.29. The molecule has 3 nitrogen and oxygen atoms in total. The number of nitrogens with one attached hydrogen (secondary N) is 2. The Bertz CT molecular complexity index is 489. The Morgan fingerprint density at radius 2 is 2.11 bits per heavy atom. The minimum absolute atomic E-state index is 0.0855. The number of rotatable bonds is 2. The first-order valence-electron chi connectivity index (χ1n) is 7.07. The van der Waals surface area contributed by atoms with E-state index in [0.29, 0.717) is 0 Å². The maximum atomic E-state index is 13.7. The predicted molar refractivity (Wildman–Crippen MR) is 71.2 cm³/mol. The van der Waals surface area contributed by atoms with Crippen LogP contribution in [0.2, 0.25) is 0 Å². The van der Waals surface area contributed by atoms with Crippen LogP contribution in [0.1, 0.15) is 42.9 Å². The largest absolute Gasteiger partial charge is 0.355 e. The highest BCUT2D eigenvalue weighted by molar-refractivity contribution is 5.82. The summed E-state index contributed by atoms with van der Waals surface area (Å²) in [5.74, 6) is -0.0329. The Balaban J connectivity index is 1.75. The molecule has 2 atom stereocenters. The van der Waals surface area contributed by atoms with Crippen molar-refractivity contribution in [1.82, 2.24) is 10.6 Å². The molecule has 1 saturated heterocycles. The van der Waals surface area contributed by atoms with Crippen molar-refractivity contribution < 1.29 is 9.18 Å². The third kappa shape index (κ3) is 2.50. The zero-order chi connectivity index (χ0) is 13.2. The highest BCUT2D eigenvalue weighted by atomic mass is 19.1. The number of hydrogen-bond donors (Lipinski definition) is 2. The first-order valence-corrected chi connectivity index (χ1v) is 7.07. The Morgan fingerprint density at radius 3 is 3.00 bits per heavy atom. The first-order chi connectivity index (χ1) is 9.25. The summed E-state index contributed by atoms with van der Waals surface area (Å²) in [7, 11) is 0. The van der Waals surface area contributed by atoms with Crippen molar-refractivity contribution in [1.29, 1.82) is 0 Å². The van der Waals surface area contributed by atoms with Crippen molar-refractivity contribution in [3.05, 3.63) is 35.1 Å². The number of fused-ring (bicyclic) bond motifs is 1. The molecule has 3 rings (SSSR count). The molecule has 0 spiro atoms. The Hall–Kier alpha value is -1.42. The van der Waals surface area contributed by atoms with Crippen LogP contribution in [0.3, 0.4) is 0 Å². The van der Waals surface area contributed by atoms with E-state index in [9.17, 15) is 9.18 Å². The van der Waals surface area contributed by atoms with Crippen molar-refractivity contribution in [2.45, 2.75) is 44.2 Å². The molecule has 0 saturated carbocycles. The quantitative estimate of drug-likeness (QED) is 0.856. The second kappa shape index (κ2) is 5.29. The normalized spacial score (nSPS) is 26.7. The van der Waals surface area contributed by atoms with Crippen LogP contribution in [-0.2, 0) is 11.2 Å². The van der Waals surface area contributed by atoms with Crippen molar-refractivity contribution in [2.75, 3.05) is 6.54 Å². The highest BCUT2D eigenvalue weighted by Crippen LogP contribution is 2.33. The van der Waals surface area contributed by atoms with Crippen LogP contribution in [0.4, 0.5) is 4.39 Å². The maximum absolute atomic E-state index is 13.7. The molecule has 1 aliphatic carbocycles. The van der Waals surface area contributed by atoms with Crippen LogP contribution < -0.4 is 10.6 Å².